The van der Waals surface area contributed by atoms with Gasteiger partial charge in [-0.2, -0.15) is 0 Å². The molecule has 0 radical (unpaired) electrons. The van der Waals surface area contributed by atoms with Crippen molar-refractivity contribution in [3.8, 4) is 0 Å². The Morgan fingerprint density at radius 1 is 1.62 bits per heavy atom. The molecule has 0 saturated carbocycles. The van der Waals surface area contributed by atoms with E-state index in [9.17, 15) is 4.79 Å². The fraction of sp³-hybridized carbons (Fsp3) is 0.889. The average Bonchev–Trinajstić information content (AvgIpc) is 2.07. The van der Waals surface area contributed by atoms with Crippen molar-refractivity contribution in [2.24, 2.45) is 5.92 Å². The number of aliphatic carboxylic acids is 1. The first kappa shape index (κ1) is 10.5. The van der Waals surface area contributed by atoms with E-state index in [1.165, 1.54) is 0 Å². The summed E-state index contributed by atoms with van der Waals surface area (Å²) in [6.07, 6.45) is 0. The third-order valence-corrected chi connectivity index (χ3v) is 2.37. The highest BCUT2D eigenvalue weighted by molar-refractivity contribution is 5.70. The fourth-order valence-corrected chi connectivity index (χ4v) is 1.80. The lowest BCUT2D eigenvalue weighted by atomic mass is 10.1. The number of carboxylic acids is 1. The largest absolute Gasteiger partial charge is 0.481 e. The first-order chi connectivity index (χ1) is 5.91. The van der Waals surface area contributed by atoms with Crippen molar-refractivity contribution < 1.29 is 9.90 Å². The highest BCUT2D eigenvalue weighted by Crippen LogP contribution is 2.12. The Hall–Kier alpha value is -0.610. The second-order valence-electron chi connectivity index (χ2n) is 4.50. The average molecular weight is 186 g/mol. The van der Waals surface area contributed by atoms with Gasteiger partial charge in [-0.3, -0.25) is 4.79 Å². The molecule has 1 heterocycles. The van der Waals surface area contributed by atoms with Gasteiger partial charge >= 0.3 is 5.97 Å². The van der Waals surface area contributed by atoms with Gasteiger partial charge in [0.25, 0.3) is 0 Å². The highest BCUT2D eigenvalue weighted by atomic mass is 16.4. The number of carbonyl (C=O) groups is 1. The molecule has 1 aliphatic heterocycles. The van der Waals surface area contributed by atoms with Crippen molar-refractivity contribution in [2.45, 2.75) is 19.4 Å². The molecule has 76 valence electrons. The minimum absolute atomic E-state index is 0.0128. The molecule has 1 atom stereocenters. The molecule has 1 fully saturated rings. The van der Waals surface area contributed by atoms with Gasteiger partial charge in [-0.1, -0.05) is 0 Å². The van der Waals surface area contributed by atoms with E-state index in [0.717, 1.165) is 6.54 Å². The van der Waals surface area contributed by atoms with Crippen molar-refractivity contribution in [3.05, 3.63) is 0 Å². The van der Waals surface area contributed by atoms with Crippen LogP contribution < -0.4 is 5.32 Å². The third-order valence-electron chi connectivity index (χ3n) is 2.37. The Morgan fingerprint density at radius 2 is 2.23 bits per heavy atom. The zero-order valence-corrected chi connectivity index (χ0v) is 8.50. The van der Waals surface area contributed by atoms with Crippen LogP contribution in [0.25, 0.3) is 0 Å². The molecule has 4 heteroatoms. The molecule has 0 spiro atoms. The van der Waals surface area contributed by atoms with E-state index < -0.39 is 5.97 Å². The lowest BCUT2D eigenvalue weighted by Crippen LogP contribution is -2.45. The molecule has 4 nitrogen and oxygen atoms in total. The van der Waals surface area contributed by atoms with Gasteiger partial charge in [0, 0.05) is 25.2 Å². The minimum Gasteiger partial charge on any atom is -0.481 e. The maximum atomic E-state index is 10.8. The Kier molecular flexibility index (Phi) is 2.93. The summed E-state index contributed by atoms with van der Waals surface area (Å²) in [5.74, 6) is -0.996. The Labute approximate surface area is 78.9 Å². The van der Waals surface area contributed by atoms with Gasteiger partial charge in [-0.15, -0.1) is 0 Å². The van der Waals surface area contributed by atoms with Crippen molar-refractivity contribution in [1.82, 2.24) is 10.2 Å². The molecule has 0 bridgehead atoms. The lowest BCUT2D eigenvalue weighted by Gasteiger charge is -2.27. The first-order valence-corrected chi connectivity index (χ1v) is 4.57. The number of likely N-dealkylation sites (N-methyl/N-ethyl adjacent to an activating group) is 1. The van der Waals surface area contributed by atoms with Crippen molar-refractivity contribution >= 4 is 5.97 Å². The second-order valence-corrected chi connectivity index (χ2v) is 4.50. The van der Waals surface area contributed by atoms with Crippen LogP contribution in [0, 0.1) is 5.92 Å². The molecule has 0 aromatic carbocycles. The van der Waals surface area contributed by atoms with E-state index in [2.05, 4.69) is 24.1 Å². The van der Waals surface area contributed by atoms with Gasteiger partial charge in [0.15, 0.2) is 0 Å². The summed E-state index contributed by atoms with van der Waals surface area (Å²) in [5.41, 5.74) is 0.0128. The van der Waals surface area contributed by atoms with E-state index in [0.29, 0.717) is 13.1 Å². The normalized spacial score (nSPS) is 29.6. The molecular weight excluding hydrogens is 168 g/mol. The van der Waals surface area contributed by atoms with Crippen LogP contribution in [0.4, 0.5) is 0 Å². The predicted octanol–water partition coefficient (Wildman–Crippen LogP) is 0.000800. The number of nitrogens with one attached hydrogen (secondary N) is 1. The van der Waals surface area contributed by atoms with E-state index in [1.54, 1.807) is 0 Å². The van der Waals surface area contributed by atoms with Crippen LogP contribution in [0.1, 0.15) is 13.8 Å². The van der Waals surface area contributed by atoms with Crippen LogP contribution in [-0.2, 0) is 4.79 Å². The van der Waals surface area contributed by atoms with Gasteiger partial charge in [0.2, 0.25) is 0 Å². The molecule has 0 aromatic rings. The SMILES string of the molecule is CN1CC(C(=O)O)CNC(C)(C)C1. The van der Waals surface area contributed by atoms with E-state index in [4.69, 9.17) is 5.11 Å². The molecule has 1 unspecified atom stereocenters. The van der Waals surface area contributed by atoms with Crippen LogP contribution in [0.15, 0.2) is 0 Å². The number of nitrogens with zero attached hydrogens (tertiary/aromatic N) is 1. The fourth-order valence-electron chi connectivity index (χ4n) is 1.80. The van der Waals surface area contributed by atoms with Crippen LogP contribution in [0.5, 0.6) is 0 Å². The standard InChI is InChI=1S/C9H18N2O2/c1-9(2)6-11(3)5-7(4-10-9)8(12)13/h7,10H,4-6H2,1-3H3,(H,12,13). The van der Waals surface area contributed by atoms with Gasteiger partial charge in [-0.05, 0) is 20.9 Å². The zero-order chi connectivity index (χ0) is 10.1. The Morgan fingerprint density at radius 3 is 2.77 bits per heavy atom. The molecule has 1 rings (SSSR count). The monoisotopic (exact) mass is 186 g/mol. The molecule has 1 saturated heterocycles. The third kappa shape index (κ3) is 2.97. The quantitative estimate of drug-likeness (QED) is 0.605. The Bertz CT molecular complexity index is 204. The summed E-state index contributed by atoms with van der Waals surface area (Å²) < 4.78 is 0. The van der Waals surface area contributed by atoms with Gasteiger partial charge < -0.3 is 15.3 Å². The number of hydrogen-bond donors (Lipinski definition) is 2. The van der Waals surface area contributed by atoms with Crippen LogP contribution in [-0.4, -0.2) is 48.2 Å². The predicted molar refractivity (Wildman–Crippen MR) is 50.7 cm³/mol. The van der Waals surface area contributed by atoms with Crippen molar-refractivity contribution in [2.75, 3.05) is 26.7 Å². The molecule has 13 heavy (non-hydrogen) atoms. The topological polar surface area (TPSA) is 52.6 Å². The lowest BCUT2D eigenvalue weighted by molar-refractivity contribution is -0.141. The zero-order valence-electron chi connectivity index (χ0n) is 8.50. The summed E-state index contributed by atoms with van der Waals surface area (Å²) in [4.78, 5) is 12.9. The second kappa shape index (κ2) is 3.64. The van der Waals surface area contributed by atoms with E-state index in [-0.39, 0.29) is 11.5 Å². The van der Waals surface area contributed by atoms with Crippen molar-refractivity contribution in [1.29, 1.82) is 0 Å². The number of rotatable bonds is 1. The first-order valence-electron chi connectivity index (χ1n) is 4.57. The smallest absolute Gasteiger partial charge is 0.309 e. The molecule has 0 amide bonds. The van der Waals surface area contributed by atoms with Gasteiger partial charge in [0.05, 0.1) is 5.92 Å². The van der Waals surface area contributed by atoms with Crippen molar-refractivity contribution in [3.63, 3.8) is 0 Å². The highest BCUT2D eigenvalue weighted by Gasteiger charge is 2.29. The Balaban J connectivity index is 2.63. The number of carboxylic acid groups (broad SMARTS) is 1. The molecule has 1 aliphatic rings. The van der Waals surface area contributed by atoms with E-state index in [1.807, 2.05) is 7.05 Å². The molecule has 0 aromatic heterocycles. The minimum atomic E-state index is -0.711. The number of hydrogen-bond acceptors (Lipinski definition) is 3. The van der Waals surface area contributed by atoms with Crippen LogP contribution >= 0.6 is 0 Å². The van der Waals surface area contributed by atoms with Gasteiger partial charge in [-0.25, -0.2) is 0 Å². The summed E-state index contributed by atoms with van der Waals surface area (Å²) in [5, 5.41) is 12.1. The van der Waals surface area contributed by atoms with E-state index >= 15 is 0 Å². The van der Waals surface area contributed by atoms with Crippen LogP contribution in [0.3, 0.4) is 0 Å². The summed E-state index contributed by atoms with van der Waals surface area (Å²) in [6.45, 7) is 6.26. The van der Waals surface area contributed by atoms with Gasteiger partial charge in [0.1, 0.15) is 0 Å². The summed E-state index contributed by atoms with van der Waals surface area (Å²) in [7, 11) is 1.96. The summed E-state index contributed by atoms with van der Waals surface area (Å²) >= 11 is 0. The maximum absolute atomic E-state index is 10.8. The molecule has 0 aliphatic carbocycles. The van der Waals surface area contributed by atoms with Crippen LogP contribution in [0.2, 0.25) is 0 Å². The summed E-state index contributed by atoms with van der Waals surface area (Å²) in [6, 6.07) is 0. The molecule has 2 N–H and O–H groups in total. The molecular formula is C9H18N2O2. The maximum Gasteiger partial charge on any atom is 0.309 e.